The zero-order valence-electron chi connectivity index (χ0n) is 18.6. The van der Waals surface area contributed by atoms with Crippen LogP contribution in [0.1, 0.15) is 34.2 Å². The van der Waals surface area contributed by atoms with Crippen molar-refractivity contribution in [2.75, 3.05) is 0 Å². The molecule has 2 unspecified atom stereocenters. The van der Waals surface area contributed by atoms with Crippen LogP contribution in [0.3, 0.4) is 0 Å². The molecule has 2 nitrogen and oxygen atoms in total. The highest BCUT2D eigenvalue weighted by Gasteiger charge is 2.57. The van der Waals surface area contributed by atoms with Crippen LogP contribution in [0.2, 0.25) is 0 Å². The highest BCUT2D eigenvalue weighted by atomic mass is 16.4. The van der Waals surface area contributed by atoms with Gasteiger partial charge in [-0.3, -0.25) is 0 Å². The second kappa shape index (κ2) is 7.17. The predicted molar refractivity (Wildman–Crippen MR) is 139 cm³/mol. The maximum Gasteiger partial charge on any atom is 0.489 e. The molecule has 0 heterocycles. The average Bonchev–Trinajstić information content (AvgIpc) is 3.36. The van der Waals surface area contributed by atoms with Crippen LogP contribution >= 0.6 is 0 Å². The van der Waals surface area contributed by atoms with Crippen molar-refractivity contribution < 1.29 is 10.0 Å². The van der Waals surface area contributed by atoms with Crippen molar-refractivity contribution in [3.05, 3.63) is 137 Å². The van der Waals surface area contributed by atoms with Gasteiger partial charge in [-0.25, -0.2) is 0 Å². The second-order valence-corrected chi connectivity index (χ2v) is 9.48. The fourth-order valence-corrected chi connectivity index (χ4v) is 6.77. The van der Waals surface area contributed by atoms with Gasteiger partial charge in [-0.1, -0.05) is 109 Å². The van der Waals surface area contributed by atoms with Gasteiger partial charge in [-0.15, -0.1) is 0 Å². The Morgan fingerprint density at radius 2 is 1.29 bits per heavy atom. The molecule has 7 rings (SSSR count). The standard InChI is InChI=1S/C31H23BO2/c33-32(34)29-16-8-15-27-30(29)24-12-5-7-14-26(24)31(27)25-13-6-4-11-22(25)23-18-17-21(19-28(23)31)20-9-2-1-3-10-20/h1-18,28,33-34H,19H2. The quantitative estimate of drug-likeness (QED) is 0.424. The first-order chi connectivity index (χ1) is 16.7. The molecular formula is C31H23BO2. The first-order valence-corrected chi connectivity index (χ1v) is 11.9. The van der Waals surface area contributed by atoms with Crippen molar-refractivity contribution in [3.63, 3.8) is 0 Å². The molecule has 1 spiro atoms. The second-order valence-electron chi connectivity index (χ2n) is 9.48. The highest BCUT2D eigenvalue weighted by Crippen LogP contribution is 2.65. The Morgan fingerprint density at radius 1 is 0.647 bits per heavy atom. The number of allylic oxidation sites excluding steroid dienone is 4. The van der Waals surface area contributed by atoms with Crippen LogP contribution in [-0.4, -0.2) is 17.2 Å². The SMILES string of the molecule is OB(O)c1cccc2c1-c1ccccc1C21c2ccccc2C2=CC=C(c3ccccc3)CC21. The summed E-state index contributed by atoms with van der Waals surface area (Å²) in [6, 6.07) is 34.0. The van der Waals surface area contributed by atoms with Crippen LogP contribution in [0.4, 0.5) is 0 Å². The zero-order chi connectivity index (χ0) is 22.9. The lowest BCUT2D eigenvalue weighted by atomic mass is 9.63. The van der Waals surface area contributed by atoms with E-state index in [-0.39, 0.29) is 11.3 Å². The summed E-state index contributed by atoms with van der Waals surface area (Å²) in [6.07, 6.45) is 5.52. The fourth-order valence-electron chi connectivity index (χ4n) is 6.77. The molecule has 34 heavy (non-hydrogen) atoms. The molecular weight excluding hydrogens is 415 g/mol. The molecule has 0 fully saturated rings. The van der Waals surface area contributed by atoms with E-state index in [1.807, 2.05) is 12.1 Å². The molecule has 162 valence electrons. The molecule has 0 amide bonds. The summed E-state index contributed by atoms with van der Waals surface area (Å²) in [6.45, 7) is 0. The van der Waals surface area contributed by atoms with Gasteiger partial charge in [-0.2, -0.15) is 0 Å². The minimum absolute atomic E-state index is 0.221. The van der Waals surface area contributed by atoms with Gasteiger partial charge >= 0.3 is 7.12 Å². The summed E-state index contributed by atoms with van der Waals surface area (Å²) >= 11 is 0. The van der Waals surface area contributed by atoms with E-state index in [1.165, 1.54) is 39.0 Å². The topological polar surface area (TPSA) is 40.5 Å². The van der Waals surface area contributed by atoms with Crippen LogP contribution in [0.25, 0.3) is 22.3 Å². The molecule has 0 saturated carbocycles. The van der Waals surface area contributed by atoms with Gasteiger partial charge < -0.3 is 10.0 Å². The molecule has 0 saturated heterocycles. The Labute approximate surface area is 199 Å². The van der Waals surface area contributed by atoms with E-state index in [1.54, 1.807) is 0 Å². The van der Waals surface area contributed by atoms with E-state index in [0.717, 1.165) is 17.5 Å². The lowest BCUT2D eigenvalue weighted by molar-refractivity contribution is 0.426. The summed E-state index contributed by atoms with van der Waals surface area (Å²) in [5.74, 6) is 0.221. The van der Waals surface area contributed by atoms with Crippen molar-refractivity contribution in [2.45, 2.75) is 11.8 Å². The molecule has 4 aromatic carbocycles. The first-order valence-electron chi connectivity index (χ1n) is 11.9. The number of hydrogen-bond acceptors (Lipinski definition) is 2. The zero-order valence-corrected chi connectivity index (χ0v) is 18.6. The van der Waals surface area contributed by atoms with E-state index in [9.17, 15) is 10.0 Å². The highest BCUT2D eigenvalue weighted by molar-refractivity contribution is 6.60. The summed E-state index contributed by atoms with van der Waals surface area (Å²) in [7, 11) is -1.52. The molecule has 3 aliphatic rings. The third kappa shape index (κ3) is 2.43. The van der Waals surface area contributed by atoms with Crippen LogP contribution in [0.5, 0.6) is 0 Å². The van der Waals surface area contributed by atoms with Crippen LogP contribution in [-0.2, 0) is 5.41 Å². The van der Waals surface area contributed by atoms with Crippen molar-refractivity contribution in [1.82, 2.24) is 0 Å². The minimum Gasteiger partial charge on any atom is -0.423 e. The van der Waals surface area contributed by atoms with Crippen LogP contribution in [0.15, 0.2) is 109 Å². The molecule has 3 aliphatic carbocycles. The lowest BCUT2D eigenvalue weighted by Gasteiger charge is -2.37. The third-order valence-corrected chi connectivity index (χ3v) is 8.01. The lowest BCUT2D eigenvalue weighted by Crippen LogP contribution is -2.35. The van der Waals surface area contributed by atoms with Crippen LogP contribution < -0.4 is 5.46 Å². The van der Waals surface area contributed by atoms with Crippen molar-refractivity contribution in [3.8, 4) is 11.1 Å². The predicted octanol–water partition coefficient (Wildman–Crippen LogP) is 5.18. The van der Waals surface area contributed by atoms with Gasteiger partial charge in [0.25, 0.3) is 0 Å². The van der Waals surface area contributed by atoms with Gasteiger partial charge in [0.2, 0.25) is 0 Å². The molecule has 2 atom stereocenters. The normalized spacial score (nSPS) is 21.3. The largest absolute Gasteiger partial charge is 0.489 e. The van der Waals surface area contributed by atoms with Crippen LogP contribution in [0, 0.1) is 5.92 Å². The molecule has 2 N–H and O–H groups in total. The van der Waals surface area contributed by atoms with Crippen molar-refractivity contribution in [2.24, 2.45) is 5.92 Å². The van der Waals surface area contributed by atoms with E-state index in [4.69, 9.17) is 0 Å². The van der Waals surface area contributed by atoms with E-state index in [0.29, 0.717) is 5.46 Å². The van der Waals surface area contributed by atoms with Gasteiger partial charge in [0.1, 0.15) is 0 Å². The third-order valence-electron chi connectivity index (χ3n) is 8.01. The molecule has 0 aromatic heterocycles. The van der Waals surface area contributed by atoms with Gasteiger partial charge in [-0.05, 0) is 62.0 Å². The maximum atomic E-state index is 10.3. The Bertz CT molecular complexity index is 1520. The Kier molecular flexibility index (Phi) is 4.17. The molecule has 4 aromatic rings. The number of hydrogen-bond donors (Lipinski definition) is 2. The Morgan fingerprint density at radius 3 is 2.06 bits per heavy atom. The van der Waals surface area contributed by atoms with Gasteiger partial charge in [0.15, 0.2) is 0 Å². The molecule has 3 heteroatoms. The summed E-state index contributed by atoms with van der Waals surface area (Å²) in [5.41, 5.74) is 11.3. The van der Waals surface area contributed by atoms with Gasteiger partial charge in [0.05, 0.1) is 5.41 Å². The van der Waals surface area contributed by atoms with E-state index >= 15 is 0 Å². The van der Waals surface area contributed by atoms with Crippen molar-refractivity contribution in [1.29, 1.82) is 0 Å². The minimum atomic E-state index is -1.52. The molecule has 0 bridgehead atoms. The molecule has 0 aliphatic heterocycles. The first kappa shape index (κ1) is 19.8. The summed E-state index contributed by atoms with van der Waals surface area (Å²) in [5, 5.41) is 20.6. The summed E-state index contributed by atoms with van der Waals surface area (Å²) < 4.78 is 0. The van der Waals surface area contributed by atoms with E-state index in [2.05, 4.69) is 97.1 Å². The van der Waals surface area contributed by atoms with Gasteiger partial charge in [0, 0.05) is 5.92 Å². The Hall–Kier alpha value is -3.66. The van der Waals surface area contributed by atoms with Crippen molar-refractivity contribution >= 4 is 23.7 Å². The number of benzene rings is 4. The maximum absolute atomic E-state index is 10.3. The van der Waals surface area contributed by atoms with E-state index < -0.39 is 7.12 Å². The fraction of sp³-hybridized carbons (Fsp3) is 0.0968. The monoisotopic (exact) mass is 438 g/mol. The number of rotatable bonds is 2. The Balaban J connectivity index is 1.56. The summed E-state index contributed by atoms with van der Waals surface area (Å²) in [4.78, 5) is 0. The molecule has 0 radical (unpaired) electrons. The average molecular weight is 438 g/mol. The smallest absolute Gasteiger partial charge is 0.423 e. The number of fused-ring (bicyclic) bond motifs is 10.